The molecule has 33 heavy (non-hydrogen) atoms. The van der Waals surface area contributed by atoms with Crippen LogP contribution in [0.2, 0.25) is 0 Å². The van der Waals surface area contributed by atoms with Crippen molar-refractivity contribution in [3.63, 3.8) is 0 Å². The zero-order chi connectivity index (χ0) is 23.6. The summed E-state index contributed by atoms with van der Waals surface area (Å²) in [4.78, 5) is 2.25. The number of alkyl halides is 2. The Labute approximate surface area is 199 Å². The van der Waals surface area contributed by atoms with Crippen LogP contribution >= 0.6 is 0 Å². The number of rotatable bonds is 7. The number of halogens is 2. The predicted octanol–water partition coefficient (Wildman–Crippen LogP) is 5.96. The van der Waals surface area contributed by atoms with Crippen LogP contribution in [0.5, 0.6) is 0 Å². The smallest absolute Gasteiger partial charge is 0.242 e. The van der Waals surface area contributed by atoms with Crippen molar-refractivity contribution in [3.8, 4) is 0 Å². The molecule has 1 aliphatic heterocycles. The molecular weight excluding hydrogens is 420 g/mol. The van der Waals surface area contributed by atoms with Crippen molar-refractivity contribution >= 4 is 0 Å². The zero-order valence-corrected chi connectivity index (χ0v) is 20.7. The van der Waals surface area contributed by atoms with E-state index in [0.29, 0.717) is 49.5 Å². The monoisotopic (exact) mass is 465 g/mol. The number of nitrogens with zero attached hydrogens (tertiary/aromatic N) is 1. The van der Waals surface area contributed by atoms with Gasteiger partial charge in [-0.25, -0.2) is 8.78 Å². The van der Waals surface area contributed by atoms with Gasteiger partial charge >= 0.3 is 0 Å². The number of aliphatic hydroxyl groups excluding tert-OH is 2. The van der Waals surface area contributed by atoms with Gasteiger partial charge in [-0.15, -0.1) is 0 Å². The van der Waals surface area contributed by atoms with Crippen LogP contribution in [-0.2, 0) is 0 Å². The molecule has 0 aromatic heterocycles. The van der Waals surface area contributed by atoms with E-state index in [4.69, 9.17) is 0 Å². The fourth-order valence-electron chi connectivity index (χ4n) is 7.85. The third-order valence-corrected chi connectivity index (χ3v) is 9.60. The van der Waals surface area contributed by atoms with Gasteiger partial charge in [0.15, 0.2) is 0 Å². The van der Waals surface area contributed by atoms with Gasteiger partial charge in [-0.05, 0) is 107 Å². The third-order valence-electron chi connectivity index (χ3n) is 9.60. The second-order valence-electron chi connectivity index (χ2n) is 11.9. The average molecular weight is 466 g/mol. The SMILES string of the molecule is C[C@H](CCCN1CC[C@H](C(F)F)C1)[C@H]1CC[C@H]2/C(=C/C=C3C[C@@H](O)C[C@H](O)C3)CCC[C@]12C. The topological polar surface area (TPSA) is 43.7 Å². The fourth-order valence-corrected chi connectivity index (χ4v) is 7.85. The minimum atomic E-state index is -2.17. The standard InChI is InChI=1S/C28H45F2NO2/c1-19(5-4-13-31-14-11-22(18-31)27(29)30)25-9-10-26-21(6-3-12-28(25,26)2)8-7-20-15-23(32)17-24(33)16-20/h7-8,19,22-27,32-33H,3-6,9-18H2,1-2H3/b21-8+/t19-,22+,23-,24-,25-,26+,28-/m1/s1. The first kappa shape index (κ1) is 25.3. The second-order valence-corrected chi connectivity index (χ2v) is 11.9. The van der Waals surface area contributed by atoms with Crippen molar-refractivity contribution < 1.29 is 19.0 Å². The molecule has 4 fully saturated rings. The summed E-state index contributed by atoms with van der Waals surface area (Å²) in [5, 5.41) is 20.0. The van der Waals surface area contributed by atoms with E-state index in [0.717, 1.165) is 25.4 Å². The summed E-state index contributed by atoms with van der Waals surface area (Å²) in [7, 11) is 0. The van der Waals surface area contributed by atoms with Crippen molar-refractivity contribution in [2.45, 2.75) is 103 Å². The summed E-state index contributed by atoms with van der Waals surface area (Å²) < 4.78 is 25.9. The van der Waals surface area contributed by atoms with Gasteiger partial charge in [-0.2, -0.15) is 0 Å². The molecule has 3 nitrogen and oxygen atoms in total. The van der Waals surface area contributed by atoms with Crippen LogP contribution in [0, 0.1) is 29.1 Å². The summed E-state index contributed by atoms with van der Waals surface area (Å²) in [6, 6.07) is 0. The summed E-state index contributed by atoms with van der Waals surface area (Å²) in [6.07, 6.45) is 12.7. The van der Waals surface area contributed by atoms with Crippen molar-refractivity contribution in [1.82, 2.24) is 4.90 Å². The molecule has 0 bridgehead atoms. The van der Waals surface area contributed by atoms with Crippen molar-refractivity contribution in [2.24, 2.45) is 29.1 Å². The molecular formula is C28H45F2NO2. The molecule has 3 aliphatic carbocycles. The maximum absolute atomic E-state index is 12.9. The molecule has 1 heterocycles. The van der Waals surface area contributed by atoms with E-state index < -0.39 is 24.6 Å². The molecule has 4 aliphatic rings. The highest BCUT2D eigenvalue weighted by Crippen LogP contribution is 2.59. The molecule has 0 radical (unpaired) electrons. The maximum Gasteiger partial charge on any atom is 0.242 e. The van der Waals surface area contributed by atoms with Gasteiger partial charge in [0, 0.05) is 12.5 Å². The van der Waals surface area contributed by atoms with Crippen LogP contribution in [0.25, 0.3) is 0 Å². The number of fused-ring (bicyclic) bond motifs is 1. The summed E-state index contributed by atoms with van der Waals surface area (Å²) >= 11 is 0. The van der Waals surface area contributed by atoms with E-state index in [-0.39, 0.29) is 0 Å². The highest BCUT2D eigenvalue weighted by atomic mass is 19.3. The normalized spacial score (nSPS) is 39.9. The van der Waals surface area contributed by atoms with Gasteiger partial charge in [0.2, 0.25) is 6.43 Å². The van der Waals surface area contributed by atoms with Crippen LogP contribution in [0.15, 0.2) is 23.3 Å². The van der Waals surface area contributed by atoms with Gasteiger partial charge in [0.05, 0.1) is 12.2 Å². The molecule has 3 saturated carbocycles. The zero-order valence-electron chi connectivity index (χ0n) is 20.7. The Balaban J connectivity index is 1.32. The first-order chi connectivity index (χ1) is 15.8. The van der Waals surface area contributed by atoms with Crippen LogP contribution in [0.3, 0.4) is 0 Å². The maximum atomic E-state index is 12.9. The minimum Gasteiger partial charge on any atom is -0.393 e. The lowest BCUT2D eigenvalue weighted by Crippen LogP contribution is -2.36. The van der Waals surface area contributed by atoms with Crippen LogP contribution in [-0.4, -0.2) is 53.4 Å². The Morgan fingerprint density at radius 1 is 1.12 bits per heavy atom. The van der Waals surface area contributed by atoms with E-state index in [1.54, 1.807) is 5.57 Å². The van der Waals surface area contributed by atoms with Crippen LogP contribution in [0.1, 0.15) is 84.5 Å². The molecule has 188 valence electrons. The van der Waals surface area contributed by atoms with E-state index in [1.165, 1.54) is 44.1 Å². The van der Waals surface area contributed by atoms with Crippen LogP contribution < -0.4 is 0 Å². The van der Waals surface area contributed by atoms with Gasteiger partial charge < -0.3 is 15.1 Å². The number of likely N-dealkylation sites (tertiary alicyclic amines) is 1. The molecule has 5 heteroatoms. The number of allylic oxidation sites excluding steroid dienone is 3. The number of hydrogen-bond acceptors (Lipinski definition) is 3. The second kappa shape index (κ2) is 10.9. The van der Waals surface area contributed by atoms with Gasteiger partial charge in [0.25, 0.3) is 0 Å². The Kier molecular flexibility index (Phi) is 8.34. The molecule has 0 unspecified atom stereocenters. The molecule has 0 spiro atoms. The molecule has 0 aromatic rings. The molecule has 1 saturated heterocycles. The molecule has 0 aromatic carbocycles. The number of hydrogen-bond donors (Lipinski definition) is 2. The van der Waals surface area contributed by atoms with E-state index in [2.05, 4.69) is 30.9 Å². The van der Waals surface area contributed by atoms with Gasteiger partial charge in [0.1, 0.15) is 0 Å². The lowest BCUT2D eigenvalue weighted by molar-refractivity contribution is 0.0609. The quantitative estimate of drug-likeness (QED) is 0.487. The first-order valence-corrected chi connectivity index (χ1v) is 13.5. The predicted molar refractivity (Wildman–Crippen MR) is 129 cm³/mol. The Morgan fingerprint density at radius 3 is 2.58 bits per heavy atom. The van der Waals surface area contributed by atoms with E-state index in [9.17, 15) is 19.0 Å². The minimum absolute atomic E-state index is 0.363. The molecule has 4 rings (SSSR count). The highest BCUT2D eigenvalue weighted by Gasteiger charge is 2.50. The van der Waals surface area contributed by atoms with Crippen LogP contribution in [0.4, 0.5) is 8.78 Å². The lowest BCUT2D eigenvalue weighted by Gasteiger charge is -2.44. The number of aliphatic hydroxyl groups is 2. The molecule has 0 amide bonds. The molecule has 2 N–H and O–H groups in total. The van der Waals surface area contributed by atoms with Crippen molar-refractivity contribution in [3.05, 3.63) is 23.3 Å². The summed E-state index contributed by atoms with van der Waals surface area (Å²) in [5.74, 6) is 1.65. The lowest BCUT2D eigenvalue weighted by atomic mass is 9.60. The fraction of sp³-hybridized carbons (Fsp3) is 0.857. The van der Waals surface area contributed by atoms with E-state index in [1.807, 2.05) is 0 Å². The Morgan fingerprint density at radius 2 is 1.88 bits per heavy atom. The first-order valence-electron chi connectivity index (χ1n) is 13.5. The van der Waals surface area contributed by atoms with Gasteiger partial charge in [-0.3, -0.25) is 0 Å². The summed E-state index contributed by atoms with van der Waals surface area (Å²) in [5.41, 5.74) is 3.12. The molecule has 7 atom stereocenters. The third kappa shape index (κ3) is 5.90. The highest BCUT2D eigenvalue weighted by molar-refractivity contribution is 5.26. The van der Waals surface area contributed by atoms with E-state index >= 15 is 0 Å². The van der Waals surface area contributed by atoms with Gasteiger partial charge in [-0.1, -0.05) is 37.1 Å². The Bertz CT molecular complexity index is 711. The average Bonchev–Trinajstić information content (AvgIpc) is 3.36. The summed E-state index contributed by atoms with van der Waals surface area (Å²) in [6.45, 7) is 7.33. The Hall–Kier alpha value is -0.780. The van der Waals surface area contributed by atoms with Crippen molar-refractivity contribution in [2.75, 3.05) is 19.6 Å². The largest absolute Gasteiger partial charge is 0.393 e. The van der Waals surface area contributed by atoms with Crippen molar-refractivity contribution in [1.29, 1.82) is 0 Å².